The van der Waals surface area contributed by atoms with Crippen LogP contribution in [0, 0.1) is 11.8 Å². The lowest BCUT2D eigenvalue weighted by molar-refractivity contribution is 0.00719. The molecule has 0 aromatic heterocycles. The van der Waals surface area contributed by atoms with Crippen molar-refractivity contribution in [3.63, 3.8) is 0 Å². The molecule has 3 atom stereocenters. The van der Waals surface area contributed by atoms with Crippen LogP contribution in [0.25, 0.3) is 0 Å². The molecule has 0 saturated carbocycles. The van der Waals surface area contributed by atoms with Crippen LogP contribution < -0.4 is 0 Å². The fraction of sp³-hybridized carbons (Fsp3) is 0.739. The van der Waals surface area contributed by atoms with Gasteiger partial charge in [0, 0.05) is 4.57 Å². The fourth-order valence-corrected chi connectivity index (χ4v) is 4.71. The molecule has 0 aliphatic carbocycles. The molecule has 1 rings (SSSR count). The molecule has 0 amide bonds. The zero-order chi connectivity index (χ0) is 20.1. The maximum atomic E-state index is 11.9. The fourth-order valence-electron chi connectivity index (χ4n) is 4.16. The molecule has 0 aliphatic heterocycles. The number of benzene rings is 1. The van der Waals surface area contributed by atoms with Gasteiger partial charge in [-0.3, -0.25) is 0 Å². The predicted octanol–water partition coefficient (Wildman–Crippen LogP) is 7.76. The van der Waals surface area contributed by atoms with E-state index in [1.807, 2.05) is 18.2 Å². The molecule has 27 heavy (non-hydrogen) atoms. The van der Waals surface area contributed by atoms with Gasteiger partial charge in [0.05, 0.1) is 0 Å². The van der Waals surface area contributed by atoms with E-state index in [2.05, 4.69) is 39.8 Å². The van der Waals surface area contributed by atoms with Crippen LogP contribution in [0.1, 0.15) is 97.5 Å². The Labute approximate surface area is 167 Å². The van der Waals surface area contributed by atoms with Crippen LogP contribution in [0.2, 0.25) is 0 Å². The summed E-state index contributed by atoms with van der Waals surface area (Å²) in [5, 5.41) is 0. The van der Waals surface area contributed by atoms with Crippen molar-refractivity contribution in [3.8, 4) is 0 Å². The Morgan fingerprint density at radius 1 is 0.926 bits per heavy atom. The molecular formula is C23H40O3P+. The van der Waals surface area contributed by atoms with Gasteiger partial charge in [-0.05, 0) is 30.2 Å². The molecule has 154 valence electrons. The molecule has 0 spiro atoms. The molecule has 0 bridgehead atoms. The first-order valence-corrected chi connectivity index (χ1v) is 12.0. The maximum absolute atomic E-state index is 11.9. The van der Waals surface area contributed by atoms with Crippen LogP contribution in [0.5, 0.6) is 0 Å². The van der Waals surface area contributed by atoms with Gasteiger partial charge in [-0.1, -0.05) is 109 Å². The molecule has 1 aromatic carbocycles. The van der Waals surface area contributed by atoms with Crippen LogP contribution in [-0.4, -0.2) is 4.89 Å². The second-order valence-electron chi connectivity index (χ2n) is 7.93. The number of rotatable bonds is 15. The van der Waals surface area contributed by atoms with E-state index >= 15 is 0 Å². The molecule has 1 aromatic rings. The van der Waals surface area contributed by atoms with Crippen molar-refractivity contribution < 1.29 is 14.0 Å². The SMILES string of the molecule is CCCCC(CC)CC(CC(CC)CCCC)(O[P+](=O)O)c1ccccc1. The maximum Gasteiger partial charge on any atom is 0.695 e. The zero-order valence-corrected chi connectivity index (χ0v) is 18.7. The molecule has 1 N–H and O–H groups in total. The second-order valence-corrected chi connectivity index (χ2v) is 8.59. The lowest BCUT2D eigenvalue weighted by atomic mass is 9.75. The van der Waals surface area contributed by atoms with Crippen molar-refractivity contribution in [2.75, 3.05) is 0 Å². The normalized spacial score (nSPS) is 16.6. The van der Waals surface area contributed by atoms with Gasteiger partial charge in [-0.15, -0.1) is 9.42 Å². The molecule has 4 heteroatoms. The minimum atomic E-state index is -2.66. The summed E-state index contributed by atoms with van der Waals surface area (Å²) in [7, 11) is -2.66. The standard InChI is InChI=1S/C23H39O3P/c1-5-9-14-20(7-3)18-23(26-27(24)25,22-16-12-11-13-17-22)19-21(8-4)15-10-6-2/h11-13,16-17,20-21H,5-10,14-15,18-19H2,1-4H3/p+1. The largest absolute Gasteiger partial charge is 0.695 e. The lowest BCUT2D eigenvalue weighted by Gasteiger charge is -2.35. The molecule has 0 heterocycles. The van der Waals surface area contributed by atoms with Crippen molar-refractivity contribution in [1.82, 2.24) is 0 Å². The van der Waals surface area contributed by atoms with E-state index in [4.69, 9.17) is 4.52 Å². The molecule has 0 saturated heterocycles. The first kappa shape index (κ1) is 24.3. The molecule has 3 unspecified atom stereocenters. The quantitative estimate of drug-likeness (QED) is 0.309. The van der Waals surface area contributed by atoms with E-state index in [1.54, 1.807) is 0 Å². The third-order valence-electron chi connectivity index (χ3n) is 5.88. The Kier molecular flexibility index (Phi) is 12.1. The zero-order valence-electron chi connectivity index (χ0n) is 17.8. The van der Waals surface area contributed by atoms with Gasteiger partial charge in [0.2, 0.25) is 0 Å². The van der Waals surface area contributed by atoms with Gasteiger partial charge in [0.15, 0.2) is 5.60 Å². The van der Waals surface area contributed by atoms with Crippen LogP contribution >= 0.6 is 8.25 Å². The smallest absolute Gasteiger partial charge is 0.133 e. The first-order valence-electron chi connectivity index (χ1n) is 10.9. The highest BCUT2D eigenvalue weighted by molar-refractivity contribution is 7.32. The first-order chi connectivity index (χ1) is 13.0. The highest BCUT2D eigenvalue weighted by Gasteiger charge is 2.44. The van der Waals surface area contributed by atoms with E-state index < -0.39 is 13.9 Å². The summed E-state index contributed by atoms with van der Waals surface area (Å²) in [4.78, 5) is 9.76. The predicted molar refractivity (Wildman–Crippen MR) is 115 cm³/mol. The van der Waals surface area contributed by atoms with Crippen LogP contribution in [0.15, 0.2) is 30.3 Å². The highest BCUT2D eigenvalue weighted by Crippen LogP contribution is 2.46. The van der Waals surface area contributed by atoms with Gasteiger partial charge < -0.3 is 0 Å². The number of unbranched alkanes of at least 4 members (excludes halogenated alkanes) is 2. The van der Waals surface area contributed by atoms with E-state index in [1.165, 1.54) is 25.7 Å². The van der Waals surface area contributed by atoms with Crippen molar-refractivity contribution in [2.45, 2.75) is 97.5 Å². The average molecular weight is 396 g/mol. The van der Waals surface area contributed by atoms with E-state index in [-0.39, 0.29) is 0 Å². The Hall–Kier alpha value is -0.760. The van der Waals surface area contributed by atoms with Crippen molar-refractivity contribution in [3.05, 3.63) is 35.9 Å². The van der Waals surface area contributed by atoms with Crippen LogP contribution in [-0.2, 0) is 14.7 Å². The molecule has 3 nitrogen and oxygen atoms in total. The lowest BCUT2D eigenvalue weighted by Crippen LogP contribution is -2.33. The summed E-state index contributed by atoms with van der Waals surface area (Å²) in [6, 6.07) is 10.2. The summed E-state index contributed by atoms with van der Waals surface area (Å²) < 4.78 is 17.8. The second kappa shape index (κ2) is 13.4. The van der Waals surface area contributed by atoms with Gasteiger partial charge in [-0.2, -0.15) is 0 Å². The van der Waals surface area contributed by atoms with E-state index in [0.29, 0.717) is 11.8 Å². The minimum absolute atomic E-state index is 0.504. The van der Waals surface area contributed by atoms with Gasteiger partial charge in [0.1, 0.15) is 0 Å². The van der Waals surface area contributed by atoms with Crippen molar-refractivity contribution >= 4 is 8.25 Å². The summed E-state index contributed by atoms with van der Waals surface area (Å²) in [6.45, 7) is 8.89. The molecule has 0 radical (unpaired) electrons. The number of hydrogen-bond acceptors (Lipinski definition) is 2. The Bertz CT molecular complexity index is 500. The van der Waals surface area contributed by atoms with Crippen molar-refractivity contribution in [2.24, 2.45) is 11.8 Å². The third kappa shape index (κ3) is 8.42. The van der Waals surface area contributed by atoms with Gasteiger partial charge in [-0.25, -0.2) is 0 Å². The van der Waals surface area contributed by atoms with E-state index in [9.17, 15) is 9.46 Å². The highest BCUT2D eigenvalue weighted by atomic mass is 31.1. The van der Waals surface area contributed by atoms with E-state index in [0.717, 1.165) is 44.1 Å². The van der Waals surface area contributed by atoms with Crippen LogP contribution in [0.4, 0.5) is 0 Å². The molecule has 0 aliphatic rings. The summed E-state index contributed by atoms with van der Waals surface area (Å²) in [6.07, 6.45) is 10.8. The number of hydrogen-bond donors (Lipinski definition) is 1. The average Bonchev–Trinajstić information content (AvgIpc) is 2.68. The molecular weight excluding hydrogens is 355 g/mol. The summed E-state index contributed by atoms with van der Waals surface area (Å²) in [5.41, 5.74) is 0.374. The topological polar surface area (TPSA) is 46.5 Å². The van der Waals surface area contributed by atoms with Crippen molar-refractivity contribution in [1.29, 1.82) is 0 Å². The minimum Gasteiger partial charge on any atom is -0.133 e. The van der Waals surface area contributed by atoms with Crippen LogP contribution in [0.3, 0.4) is 0 Å². The van der Waals surface area contributed by atoms with Gasteiger partial charge >= 0.3 is 8.25 Å². The Morgan fingerprint density at radius 2 is 1.41 bits per heavy atom. The summed E-state index contributed by atoms with van der Waals surface area (Å²) in [5.74, 6) is 1.01. The Morgan fingerprint density at radius 3 is 1.78 bits per heavy atom. The monoisotopic (exact) mass is 395 g/mol. The third-order valence-corrected chi connectivity index (χ3v) is 6.38. The van der Waals surface area contributed by atoms with Gasteiger partial charge in [0.25, 0.3) is 0 Å². The summed E-state index contributed by atoms with van der Waals surface area (Å²) >= 11 is 0. The Balaban J connectivity index is 3.24. The molecule has 0 fully saturated rings.